The number of nitrogens with zero attached hydrogens (tertiary/aromatic N) is 1. The number of carbonyl (C=O) groups is 1. The van der Waals surface area contributed by atoms with Crippen LogP contribution < -0.4 is 21.5 Å². The number of anilines is 2. The number of amides is 1. The van der Waals surface area contributed by atoms with E-state index in [0.29, 0.717) is 11.2 Å². The summed E-state index contributed by atoms with van der Waals surface area (Å²) >= 11 is 0. The van der Waals surface area contributed by atoms with Crippen LogP contribution in [0.4, 0.5) is 11.4 Å². The van der Waals surface area contributed by atoms with E-state index >= 15 is 0 Å². The second-order valence-corrected chi connectivity index (χ2v) is 7.72. The van der Waals surface area contributed by atoms with E-state index in [9.17, 15) is 9.59 Å². The van der Waals surface area contributed by atoms with Crippen molar-refractivity contribution >= 4 is 28.3 Å². The summed E-state index contributed by atoms with van der Waals surface area (Å²) in [5, 5.41) is 3.00. The Bertz CT molecular complexity index is 1110. The third-order valence-electron chi connectivity index (χ3n) is 5.89. The first-order chi connectivity index (χ1) is 14.0. The molecule has 0 saturated heterocycles. The first-order valence-corrected chi connectivity index (χ1v) is 9.92. The van der Waals surface area contributed by atoms with Crippen molar-refractivity contribution in [1.82, 2.24) is 9.55 Å². The van der Waals surface area contributed by atoms with E-state index in [2.05, 4.69) is 10.3 Å². The van der Waals surface area contributed by atoms with Crippen molar-refractivity contribution in [2.24, 2.45) is 5.92 Å². The Labute approximate surface area is 168 Å². The molecule has 0 aliphatic heterocycles. The zero-order valence-corrected chi connectivity index (χ0v) is 16.7. The molecule has 1 aliphatic rings. The molecule has 0 atom stereocenters. The molecule has 1 heterocycles. The molecule has 0 spiro atoms. The third kappa shape index (κ3) is 3.60. The molecule has 1 saturated carbocycles. The van der Waals surface area contributed by atoms with Crippen molar-refractivity contribution < 1.29 is 9.53 Å². The number of aromatic amines is 1. The summed E-state index contributed by atoms with van der Waals surface area (Å²) in [6, 6.07) is 11.3. The molecular weight excluding hydrogens is 368 g/mol. The average Bonchev–Trinajstić information content (AvgIpc) is 3.07. The number of imidazole rings is 1. The van der Waals surface area contributed by atoms with E-state index < -0.39 is 0 Å². The van der Waals surface area contributed by atoms with E-state index in [0.717, 1.165) is 48.2 Å². The molecule has 1 amide bonds. The number of fused-ring (bicyclic) bond motifs is 1. The topological polar surface area (TPSA) is 102 Å². The number of benzene rings is 2. The fourth-order valence-electron chi connectivity index (χ4n) is 4.27. The number of aryl methyl sites for hydroxylation is 1. The van der Waals surface area contributed by atoms with Gasteiger partial charge < -0.3 is 20.8 Å². The van der Waals surface area contributed by atoms with Crippen molar-refractivity contribution in [2.45, 2.75) is 38.6 Å². The Morgan fingerprint density at radius 3 is 2.69 bits per heavy atom. The predicted molar refractivity (Wildman–Crippen MR) is 114 cm³/mol. The van der Waals surface area contributed by atoms with Gasteiger partial charge in [0.05, 0.1) is 23.8 Å². The first-order valence-electron chi connectivity index (χ1n) is 9.92. The van der Waals surface area contributed by atoms with Crippen LogP contribution in [0.2, 0.25) is 0 Å². The van der Waals surface area contributed by atoms with Crippen molar-refractivity contribution in [3.05, 3.63) is 52.4 Å². The highest BCUT2D eigenvalue weighted by atomic mass is 16.5. The van der Waals surface area contributed by atoms with Gasteiger partial charge in [-0.2, -0.15) is 0 Å². The molecule has 152 valence electrons. The monoisotopic (exact) mass is 394 g/mol. The largest absolute Gasteiger partial charge is 0.496 e. The number of nitrogens with one attached hydrogen (secondary N) is 2. The number of hydrogen-bond acceptors (Lipinski definition) is 4. The van der Waals surface area contributed by atoms with Gasteiger partial charge in [0.1, 0.15) is 5.75 Å². The lowest BCUT2D eigenvalue weighted by Gasteiger charge is -2.28. The van der Waals surface area contributed by atoms with Crippen LogP contribution in [0.1, 0.15) is 37.3 Å². The summed E-state index contributed by atoms with van der Waals surface area (Å²) in [4.78, 5) is 28.1. The van der Waals surface area contributed by atoms with Crippen LogP contribution in [-0.4, -0.2) is 22.6 Å². The van der Waals surface area contributed by atoms with Gasteiger partial charge in [-0.25, -0.2) is 4.79 Å². The summed E-state index contributed by atoms with van der Waals surface area (Å²) in [7, 11) is 1.62. The maximum atomic E-state index is 12.7. The minimum absolute atomic E-state index is 0.0184. The summed E-state index contributed by atoms with van der Waals surface area (Å²) in [5.41, 5.74) is 9.69. The molecule has 0 bridgehead atoms. The minimum Gasteiger partial charge on any atom is -0.496 e. The molecule has 7 heteroatoms. The Balaban J connectivity index is 1.45. The van der Waals surface area contributed by atoms with Crippen LogP contribution in [0.5, 0.6) is 5.75 Å². The van der Waals surface area contributed by atoms with Gasteiger partial charge in [-0.1, -0.05) is 12.1 Å². The van der Waals surface area contributed by atoms with E-state index in [4.69, 9.17) is 10.5 Å². The van der Waals surface area contributed by atoms with Crippen LogP contribution in [-0.2, 0) is 4.79 Å². The van der Waals surface area contributed by atoms with Gasteiger partial charge in [0.25, 0.3) is 0 Å². The molecule has 1 aliphatic carbocycles. The fraction of sp³-hybridized carbons (Fsp3) is 0.364. The number of methoxy groups -OCH3 is 1. The highest BCUT2D eigenvalue weighted by Crippen LogP contribution is 2.34. The van der Waals surface area contributed by atoms with Crippen LogP contribution in [0.15, 0.2) is 41.2 Å². The number of carbonyl (C=O) groups excluding carboxylic acids is 1. The van der Waals surface area contributed by atoms with E-state index in [1.165, 1.54) is 0 Å². The number of nitrogens with two attached hydrogens (primary N) is 1. The second kappa shape index (κ2) is 7.66. The quantitative estimate of drug-likeness (QED) is 0.588. The maximum absolute atomic E-state index is 12.7. The second-order valence-electron chi connectivity index (χ2n) is 7.72. The van der Waals surface area contributed by atoms with Crippen molar-refractivity contribution in [1.29, 1.82) is 0 Å². The van der Waals surface area contributed by atoms with Gasteiger partial charge in [0.2, 0.25) is 5.91 Å². The molecule has 0 radical (unpaired) electrons. The van der Waals surface area contributed by atoms with Crippen molar-refractivity contribution in [3.63, 3.8) is 0 Å². The SMILES string of the molecule is COc1cc(NC(=O)[C@H]2CC[C@@H](n3c(=O)[nH]c4c(N)cccc43)CC2)ccc1C. The molecule has 29 heavy (non-hydrogen) atoms. The van der Waals surface area contributed by atoms with Crippen molar-refractivity contribution in [3.8, 4) is 5.75 Å². The summed E-state index contributed by atoms with van der Waals surface area (Å²) in [5.74, 6) is 0.707. The van der Waals surface area contributed by atoms with Gasteiger partial charge in [0, 0.05) is 23.7 Å². The predicted octanol–water partition coefficient (Wildman–Crippen LogP) is 3.60. The number of para-hydroxylation sites is 1. The number of ether oxygens (including phenoxy) is 1. The number of nitrogen functional groups attached to an aromatic ring is 1. The summed E-state index contributed by atoms with van der Waals surface area (Å²) < 4.78 is 7.12. The molecule has 3 aromatic rings. The summed E-state index contributed by atoms with van der Waals surface area (Å²) in [6.45, 7) is 1.96. The number of H-pyrrole nitrogens is 1. The Morgan fingerprint density at radius 2 is 1.97 bits per heavy atom. The van der Waals surface area contributed by atoms with Gasteiger partial charge in [-0.3, -0.25) is 9.36 Å². The molecule has 4 rings (SSSR count). The van der Waals surface area contributed by atoms with Crippen LogP contribution >= 0.6 is 0 Å². The maximum Gasteiger partial charge on any atom is 0.326 e. The highest BCUT2D eigenvalue weighted by molar-refractivity contribution is 5.93. The lowest BCUT2D eigenvalue weighted by Crippen LogP contribution is -2.31. The van der Waals surface area contributed by atoms with Crippen molar-refractivity contribution in [2.75, 3.05) is 18.2 Å². The van der Waals surface area contributed by atoms with Crippen LogP contribution in [0, 0.1) is 12.8 Å². The Hall–Kier alpha value is -3.22. The zero-order chi connectivity index (χ0) is 20.5. The van der Waals surface area contributed by atoms with E-state index in [1.807, 2.05) is 37.3 Å². The molecule has 4 N–H and O–H groups in total. The Kier molecular flexibility index (Phi) is 5.05. The first kappa shape index (κ1) is 19.1. The third-order valence-corrected chi connectivity index (χ3v) is 5.89. The average molecular weight is 394 g/mol. The highest BCUT2D eigenvalue weighted by Gasteiger charge is 2.29. The van der Waals surface area contributed by atoms with E-state index in [-0.39, 0.29) is 23.6 Å². The van der Waals surface area contributed by atoms with Crippen LogP contribution in [0.25, 0.3) is 11.0 Å². The molecular formula is C22H26N4O3. The van der Waals surface area contributed by atoms with Gasteiger partial charge in [0.15, 0.2) is 0 Å². The molecule has 1 fully saturated rings. The Morgan fingerprint density at radius 1 is 1.21 bits per heavy atom. The molecule has 2 aromatic carbocycles. The number of aromatic nitrogens is 2. The van der Waals surface area contributed by atoms with Gasteiger partial charge >= 0.3 is 5.69 Å². The molecule has 0 unspecified atom stereocenters. The van der Waals surface area contributed by atoms with E-state index in [1.54, 1.807) is 17.7 Å². The van der Waals surface area contributed by atoms with Crippen LogP contribution in [0.3, 0.4) is 0 Å². The standard InChI is InChI=1S/C22H26N4O3/c1-13-6-9-15(12-19(13)29-2)24-21(27)14-7-10-16(11-8-14)26-18-5-3-4-17(23)20(18)25-22(26)28/h3-6,9,12,14,16H,7-8,10-11,23H2,1-2H3,(H,24,27)(H,25,28)/t14-,16+. The summed E-state index contributed by atoms with van der Waals surface area (Å²) in [6.07, 6.45) is 3.02. The minimum atomic E-state index is -0.141. The normalized spacial score (nSPS) is 19.2. The van der Waals surface area contributed by atoms with Gasteiger partial charge in [-0.05, 0) is 56.4 Å². The lowest BCUT2D eigenvalue weighted by atomic mass is 9.85. The smallest absolute Gasteiger partial charge is 0.326 e. The molecule has 7 nitrogen and oxygen atoms in total. The number of rotatable bonds is 4. The van der Waals surface area contributed by atoms with Gasteiger partial charge in [-0.15, -0.1) is 0 Å². The number of hydrogen-bond donors (Lipinski definition) is 3. The lowest BCUT2D eigenvalue weighted by molar-refractivity contribution is -0.121. The fourth-order valence-corrected chi connectivity index (χ4v) is 4.27. The zero-order valence-electron chi connectivity index (χ0n) is 16.7. The molecule has 1 aromatic heterocycles.